The van der Waals surface area contributed by atoms with Gasteiger partial charge >= 0.3 is 0 Å². The number of aromatic nitrogens is 2. The highest BCUT2D eigenvalue weighted by atomic mass is 32.1. The number of aliphatic hydroxyl groups is 1. The molecule has 0 amide bonds. The quantitative estimate of drug-likeness (QED) is 0.890. The van der Waals surface area contributed by atoms with Crippen molar-refractivity contribution in [3.8, 4) is 10.6 Å². The predicted molar refractivity (Wildman–Crippen MR) is 61.5 cm³/mol. The van der Waals surface area contributed by atoms with Crippen molar-refractivity contribution in [1.29, 1.82) is 0 Å². The van der Waals surface area contributed by atoms with Crippen LogP contribution in [0.3, 0.4) is 0 Å². The number of thiophene rings is 1. The van der Waals surface area contributed by atoms with E-state index in [1.165, 1.54) is 17.4 Å². The summed E-state index contributed by atoms with van der Waals surface area (Å²) in [7, 11) is 0. The first-order chi connectivity index (χ1) is 7.79. The maximum Gasteiger partial charge on any atom is 0.127 e. The Morgan fingerprint density at radius 1 is 1.44 bits per heavy atom. The lowest BCUT2D eigenvalue weighted by Crippen LogP contribution is -1.80. The van der Waals surface area contributed by atoms with E-state index in [0.29, 0.717) is 0 Å². The molecule has 0 aliphatic rings. The van der Waals surface area contributed by atoms with Crippen LogP contribution in [-0.4, -0.2) is 21.7 Å². The molecular weight excluding hydrogens is 227 g/mol. The van der Waals surface area contributed by atoms with Crippen molar-refractivity contribution in [2.45, 2.75) is 0 Å². The number of nitrogens with zero attached hydrogens (tertiary/aromatic N) is 2. The zero-order chi connectivity index (χ0) is 11.4. The Kier molecular flexibility index (Phi) is 3.38. The van der Waals surface area contributed by atoms with Crippen molar-refractivity contribution in [2.24, 2.45) is 0 Å². The number of rotatable bonds is 3. The molecule has 2 aromatic rings. The average molecular weight is 236 g/mol. The topological polar surface area (TPSA) is 46.0 Å². The molecule has 0 atom stereocenters. The molecule has 0 saturated heterocycles. The normalized spacial score (nSPS) is 11.8. The zero-order valence-electron chi connectivity index (χ0n) is 8.30. The Morgan fingerprint density at radius 3 is 3.00 bits per heavy atom. The van der Waals surface area contributed by atoms with E-state index in [0.717, 1.165) is 15.4 Å². The lowest BCUT2D eigenvalue weighted by Gasteiger charge is -1.92. The van der Waals surface area contributed by atoms with E-state index in [4.69, 9.17) is 5.11 Å². The Balaban J connectivity index is 2.27. The Bertz CT molecular complexity index is 496. The van der Waals surface area contributed by atoms with Gasteiger partial charge < -0.3 is 5.11 Å². The van der Waals surface area contributed by atoms with E-state index in [9.17, 15) is 4.39 Å². The van der Waals surface area contributed by atoms with Crippen LogP contribution in [0.2, 0.25) is 0 Å². The second-order valence-electron chi connectivity index (χ2n) is 3.04. The van der Waals surface area contributed by atoms with Gasteiger partial charge in [-0.2, -0.15) is 0 Å². The van der Waals surface area contributed by atoms with Crippen LogP contribution >= 0.6 is 11.3 Å². The van der Waals surface area contributed by atoms with Crippen LogP contribution in [0.5, 0.6) is 0 Å². The molecule has 16 heavy (non-hydrogen) atoms. The van der Waals surface area contributed by atoms with Gasteiger partial charge in [0, 0.05) is 17.3 Å². The first kappa shape index (κ1) is 10.9. The fourth-order valence-corrected chi connectivity index (χ4v) is 2.12. The summed E-state index contributed by atoms with van der Waals surface area (Å²) < 4.78 is 12.8. The van der Waals surface area contributed by atoms with Gasteiger partial charge in [-0.05, 0) is 18.2 Å². The summed E-state index contributed by atoms with van der Waals surface area (Å²) in [6.45, 7) is -0.571. The molecule has 3 nitrogen and oxygen atoms in total. The molecule has 0 fully saturated rings. The molecule has 0 aliphatic heterocycles. The van der Waals surface area contributed by atoms with Gasteiger partial charge in [-0.1, -0.05) is 0 Å². The highest BCUT2D eigenvalue weighted by molar-refractivity contribution is 7.16. The third kappa shape index (κ3) is 2.50. The minimum Gasteiger partial charge on any atom is -0.389 e. The third-order valence-corrected chi connectivity index (χ3v) is 2.95. The summed E-state index contributed by atoms with van der Waals surface area (Å²) in [5, 5.41) is 8.56. The zero-order valence-corrected chi connectivity index (χ0v) is 9.12. The largest absolute Gasteiger partial charge is 0.389 e. The van der Waals surface area contributed by atoms with Crippen molar-refractivity contribution in [3.05, 3.63) is 41.4 Å². The van der Waals surface area contributed by atoms with Gasteiger partial charge in [-0.3, -0.25) is 9.97 Å². The second-order valence-corrected chi connectivity index (χ2v) is 4.16. The molecule has 0 aliphatic carbocycles. The van der Waals surface area contributed by atoms with Gasteiger partial charge in [0.2, 0.25) is 0 Å². The van der Waals surface area contributed by atoms with E-state index < -0.39 is 12.4 Å². The summed E-state index contributed by atoms with van der Waals surface area (Å²) in [4.78, 5) is 9.77. The monoisotopic (exact) mass is 236 g/mol. The Morgan fingerprint density at radius 2 is 2.31 bits per heavy atom. The molecule has 0 spiro atoms. The van der Waals surface area contributed by atoms with Gasteiger partial charge in [0.25, 0.3) is 0 Å². The van der Waals surface area contributed by atoms with Crippen molar-refractivity contribution in [2.75, 3.05) is 6.61 Å². The minimum atomic E-state index is -0.571. The molecule has 2 aromatic heterocycles. The number of halogens is 1. The van der Waals surface area contributed by atoms with Crippen molar-refractivity contribution in [3.63, 3.8) is 0 Å². The molecule has 5 heteroatoms. The maximum absolute atomic E-state index is 12.8. The highest BCUT2D eigenvalue weighted by Gasteiger charge is 2.03. The standard InChI is InChI=1S/C11H9FN2OS/c12-8(7-15)5-9-1-2-11(16-9)10-6-13-3-4-14-10/h1-6,15H,7H2/b8-5+. The summed E-state index contributed by atoms with van der Waals surface area (Å²) in [5.74, 6) is -0.549. The first-order valence-corrected chi connectivity index (χ1v) is 5.44. The fraction of sp³-hybridized carbons (Fsp3) is 0.0909. The van der Waals surface area contributed by atoms with Gasteiger partial charge in [0.1, 0.15) is 5.83 Å². The smallest absolute Gasteiger partial charge is 0.127 e. The Labute approximate surface area is 95.9 Å². The number of aliphatic hydroxyl groups excluding tert-OH is 1. The van der Waals surface area contributed by atoms with Crippen molar-refractivity contribution in [1.82, 2.24) is 9.97 Å². The van der Waals surface area contributed by atoms with Crippen molar-refractivity contribution >= 4 is 17.4 Å². The predicted octanol–water partition coefficient (Wildman–Crippen LogP) is 2.51. The van der Waals surface area contributed by atoms with Crippen LogP contribution in [-0.2, 0) is 0 Å². The maximum atomic E-state index is 12.8. The van der Waals surface area contributed by atoms with E-state index >= 15 is 0 Å². The van der Waals surface area contributed by atoms with E-state index in [2.05, 4.69) is 9.97 Å². The van der Waals surface area contributed by atoms with Gasteiger partial charge in [-0.25, -0.2) is 4.39 Å². The van der Waals surface area contributed by atoms with Crippen LogP contribution in [0, 0.1) is 0 Å². The van der Waals surface area contributed by atoms with Crippen LogP contribution in [0.15, 0.2) is 36.6 Å². The molecule has 2 heterocycles. The number of hydrogen-bond donors (Lipinski definition) is 1. The molecule has 1 N–H and O–H groups in total. The number of hydrogen-bond acceptors (Lipinski definition) is 4. The molecule has 0 radical (unpaired) electrons. The van der Waals surface area contributed by atoms with Crippen LogP contribution < -0.4 is 0 Å². The molecular formula is C11H9FN2OS. The van der Waals surface area contributed by atoms with E-state index in [1.807, 2.05) is 6.07 Å². The molecule has 0 aromatic carbocycles. The van der Waals surface area contributed by atoms with Gasteiger partial charge in [0.15, 0.2) is 0 Å². The van der Waals surface area contributed by atoms with Crippen LogP contribution in [0.25, 0.3) is 16.6 Å². The molecule has 2 rings (SSSR count). The summed E-state index contributed by atoms with van der Waals surface area (Å²) >= 11 is 1.40. The lowest BCUT2D eigenvalue weighted by molar-refractivity contribution is 0.300. The lowest BCUT2D eigenvalue weighted by atomic mass is 10.3. The SMILES string of the molecule is OC/C(F)=C\c1ccc(-c2cnccn2)s1. The highest BCUT2D eigenvalue weighted by Crippen LogP contribution is 2.27. The fourth-order valence-electron chi connectivity index (χ4n) is 1.19. The van der Waals surface area contributed by atoms with Crippen LogP contribution in [0.4, 0.5) is 4.39 Å². The van der Waals surface area contributed by atoms with Gasteiger partial charge in [0.05, 0.1) is 23.4 Å². The molecule has 0 bridgehead atoms. The molecule has 0 saturated carbocycles. The minimum absolute atomic E-state index is 0.549. The third-order valence-electron chi connectivity index (χ3n) is 1.89. The molecule has 82 valence electrons. The Hall–Kier alpha value is -1.59. The molecule has 0 unspecified atom stereocenters. The van der Waals surface area contributed by atoms with Crippen LogP contribution in [0.1, 0.15) is 4.88 Å². The summed E-state index contributed by atoms with van der Waals surface area (Å²) in [6, 6.07) is 3.63. The van der Waals surface area contributed by atoms with E-state index in [-0.39, 0.29) is 0 Å². The van der Waals surface area contributed by atoms with Gasteiger partial charge in [-0.15, -0.1) is 11.3 Å². The van der Waals surface area contributed by atoms with E-state index in [1.54, 1.807) is 24.7 Å². The van der Waals surface area contributed by atoms with Crippen molar-refractivity contribution < 1.29 is 9.50 Å². The summed E-state index contributed by atoms with van der Waals surface area (Å²) in [6.07, 6.45) is 6.18. The average Bonchev–Trinajstić information content (AvgIpc) is 2.78. The first-order valence-electron chi connectivity index (χ1n) is 4.63. The summed E-state index contributed by atoms with van der Waals surface area (Å²) in [5.41, 5.74) is 0.761. The second kappa shape index (κ2) is 4.96.